The van der Waals surface area contributed by atoms with Gasteiger partial charge in [-0.1, -0.05) is 176 Å². The first-order chi connectivity index (χ1) is 50.6. The van der Waals surface area contributed by atoms with E-state index in [4.69, 9.17) is 47.4 Å². The third-order valence-corrected chi connectivity index (χ3v) is 18.2. The number of aryl methyl sites for hydroxylation is 3. The van der Waals surface area contributed by atoms with Crippen molar-refractivity contribution in [2.75, 3.05) is 59.5 Å². The maximum atomic E-state index is 9.99. The number of allylic oxidation sites excluding steroid dienone is 3. The van der Waals surface area contributed by atoms with E-state index in [1.807, 2.05) is 133 Å². The summed E-state index contributed by atoms with van der Waals surface area (Å²) in [5, 5.41) is 20.0. The Morgan fingerprint density at radius 3 is 0.864 bits per heavy atom. The van der Waals surface area contributed by atoms with Gasteiger partial charge in [0.2, 0.25) is 0 Å². The Kier molecular flexibility index (Phi) is 27.6. The number of hydrogen-bond acceptors (Lipinski definition) is 12. The van der Waals surface area contributed by atoms with Gasteiger partial charge in [-0.15, -0.1) is 0 Å². The number of aromatic hydroxyl groups is 2. The highest BCUT2D eigenvalue weighted by molar-refractivity contribution is 6.03. The van der Waals surface area contributed by atoms with Crippen LogP contribution in [-0.2, 0) is 54.3 Å². The second-order valence-electron chi connectivity index (χ2n) is 25.0. The first-order valence-corrected chi connectivity index (χ1v) is 36.3. The summed E-state index contributed by atoms with van der Waals surface area (Å²) in [4.78, 5) is 0. The van der Waals surface area contributed by atoms with Crippen molar-refractivity contribution in [3.8, 4) is 34.5 Å². The van der Waals surface area contributed by atoms with Crippen molar-refractivity contribution < 1.29 is 57.6 Å². The molecule has 103 heavy (non-hydrogen) atoms. The summed E-state index contributed by atoms with van der Waals surface area (Å²) in [6.45, 7) is 16.8. The zero-order chi connectivity index (χ0) is 71.5. The third kappa shape index (κ3) is 20.2. The van der Waals surface area contributed by atoms with Crippen LogP contribution in [0.4, 0.5) is 0 Å². The van der Waals surface area contributed by atoms with Crippen LogP contribution in [0.25, 0.3) is 33.4 Å². The van der Waals surface area contributed by atoms with E-state index in [0.29, 0.717) is 77.6 Å². The molecule has 2 N–H and O–H groups in total. The van der Waals surface area contributed by atoms with Gasteiger partial charge in [0.1, 0.15) is 60.9 Å². The Bertz CT molecular complexity index is 4170. The highest BCUT2D eigenvalue weighted by atomic mass is 16.7. The predicted molar refractivity (Wildman–Crippen MR) is 412 cm³/mol. The normalized spacial score (nSPS) is 13.2. The second-order valence-corrected chi connectivity index (χ2v) is 25.0. The lowest BCUT2D eigenvalue weighted by molar-refractivity contribution is -0.152. The van der Waals surface area contributed by atoms with Crippen LogP contribution < -0.4 is 18.9 Å². The third-order valence-electron chi connectivity index (χ3n) is 18.2. The second kappa shape index (κ2) is 38.3. The van der Waals surface area contributed by atoms with Gasteiger partial charge in [0.05, 0.1) is 0 Å². The zero-order valence-corrected chi connectivity index (χ0v) is 60.2. The lowest BCUT2D eigenvalue weighted by atomic mass is 9.79. The highest BCUT2D eigenvalue weighted by Gasteiger charge is 2.26. The number of benzene rings is 10. The van der Waals surface area contributed by atoms with E-state index in [1.54, 1.807) is 12.1 Å². The molecule has 0 saturated carbocycles. The van der Waals surface area contributed by atoms with Crippen LogP contribution in [0, 0.1) is 0 Å². The number of phenols is 2. The van der Waals surface area contributed by atoms with Crippen LogP contribution in [0.3, 0.4) is 0 Å². The van der Waals surface area contributed by atoms with Gasteiger partial charge < -0.3 is 57.6 Å². The van der Waals surface area contributed by atoms with Gasteiger partial charge in [0.15, 0.2) is 18.9 Å². The average molecular weight is 1380 g/mol. The number of phenolic OH excluding ortho intramolecular Hbond substituents is 2. The van der Waals surface area contributed by atoms with E-state index < -0.39 is 0 Å². The van der Waals surface area contributed by atoms with Crippen LogP contribution in [0.2, 0.25) is 0 Å². The number of ether oxygens (including phenoxy) is 10. The molecule has 10 aromatic rings. The maximum Gasteiger partial charge on any atom is 0.191 e. The van der Waals surface area contributed by atoms with Crippen LogP contribution in [0.5, 0.6) is 34.5 Å². The molecule has 0 atom stereocenters. The van der Waals surface area contributed by atoms with Crippen LogP contribution in [0.1, 0.15) is 133 Å². The van der Waals surface area contributed by atoms with E-state index >= 15 is 0 Å². The Hall–Kier alpha value is -10.0. The standard InChI is InChI=1S/C35H36O4.2C28H30O4/c1-3-36-34(37-4-2)25-39-30-18-15-28(16-19-30)35-32(27-13-9-6-10-14-27)21-17-29-23-31(20-22-33(29)35)38-24-26-11-7-5-8-12-26;2*1-3-30-27(31-4-2)19-32-24-14-10-21(11-15-24)28-25(20-8-6-5-7-9-20)16-12-22-18-23(29)13-17-26(22)28/h5-16,18-20,22-23,34H,3-4,17,21,24-25H2,1-2H3;2*5-11,13-15,17-18,27,29H,3-4,12,16,19H2,1-2H3. The molecule has 3 aliphatic carbocycles. The Morgan fingerprint density at radius 2 is 0.553 bits per heavy atom. The minimum Gasteiger partial charge on any atom is -0.508 e. The molecule has 0 heterocycles. The van der Waals surface area contributed by atoms with Crippen LogP contribution in [-0.4, -0.2) is 88.5 Å². The summed E-state index contributed by atoms with van der Waals surface area (Å²) in [7, 11) is 0. The smallest absolute Gasteiger partial charge is 0.191 e. The molecule has 10 aromatic carbocycles. The molecule has 3 aliphatic rings. The molecule has 0 unspecified atom stereocenters. The fraction of sp³-hybridized carbons (Fsp3) is 0.275. The summed E-state index contributed by atoms with van der Waals surface area (Å²) in [6, 6.07) is 84.7. The van der Waals surface area contributed by atoms with Crippen molar-refractivity contribution in [1.82, 2.24) is 0 Å². The van der Waals surface area contributed by atoms with Crippen molar-refractivity contribution in [3.05, 3.63) is 321 Å². The quantitative estimate of drug-likeness (QED) is 0.0415. The van der Waals surface area contributed by atoms with E-state index in [0.717, 1.165) is 72.6 Å². The van der Waals surface area contributed by atoms with Gasteiger partial charge in [0, 0.05) is 39.6 Å². The van der Waals surface area contributed by atoms with Gasteiger partial charge in [-0.3, -0.25) is 0 Å². The molecule has 0 amide bonds. The average Bonchev–Trinajstić information content (AvgIpc) is 0.784. The lowest BCUT2D eigenvalue weighted by Gasteiger charge is -2.25. The van der Waals surface area contributed by atoms with Crippen molar-refractivity contribution in [2.45, 2.75) is 106 Å². The molecule has 0 aromatic heterocycles. The van der Waals surface area contributed by atoms with E-state index in [-0.39, 0.29) is 18.9 Å². The first kappa shape index (κ1) is 74.2. The minimum atomic E-state index is -0.366. The van der Waals surface area contributed by atoms with Crippen molar-refractivity contribution >= 4 is 33.4 Å². The SMILES string of the molecule is CCOC(COc1ccc(C2=C(c3ccccc3)CCc3cc(O)ccc32)cc1)OCC.CCOC(COc1ccc(C2=C(c3ccccc3)CCc3cc(O)ccc32)cc1)OCC.CCOC(COc1ccc(C2=C(c3ccccc3)CCc3cc(OCc4ccccc4)ccc32)cc1)OCC. The molecule has 0 bridgehead atoms. The summed E-state index contributed by atoms with van der Waals surface area (Å²) in [5.74, 6) is 3.89. The molecule has 0 spiro atoms. The van der Waals surface area contributed by atoms with Crippen LogP contribution >= 0.6 is 0 Å². The molecule has 12 nitrogen and oxygen atoms in total. The Morgan fingerprint density at radius 1 is 0.272 bits per heavy atom. The van der Waals surface area contributed by atoms with Crippen molar-refractivity contribution in [3.63, 3.8) is 0 Å². The molecule has 0 radical (unpaired) electrons. The topological polar surface area (TPSA) is 133 Å². The molecular weight excluding hydrogens is 1280 g/mol. The van der Waals surface area contributed by atoms with Gasteiger partial charge in [-0.05, 0) is 259 Å². The van der Waals surface area contributed by atoms with Crippen molar-refractivity contribution in [1.29, 1.82) is 0 Å². The number of rotatable bonds is 30. The molecule has 532 valence electrons. The summed E-state index contributed by atoms with van der Waals surface area (Å²) in [5.41, 5.74) is 23.3. The molecule has 0 saturated heterocycles. The van der Waals surface area contributed by atoms with Gasteiger partial charge >= 0.3 is 0 Å². The van der Waals surface area contributed by atoms with E-state index in [9.17, 15) is 10.2 Å². The molecule has 0 fully saturated rings. The largest absolute Gasteiger partial charge is 0.508 e. The molecule has 12 heteroatoms. The summed E-state index contributed by atoms with van der Waals surface area (Å²) < 4.78 is 57.4. The molecule has 13 rings (SSSR count). The highest BCUT2D eigenvalue weighted by Crippen LogP contribution is 2.46. The van der Waals surface area contributed by atoms with Gasteiger partial charge in [-0.25, -0.2) is 0 Å². The summed E-state index contributed by atoms with van der Waals surface area (Å²) >= 11 is 0. The Balaban J connectivity index is 0.000000156. The number of hydrogen-bond donors (Lipinski definition) is 2. The lowest BCUT2D eigenvalue weighted by Crippen LogP contribution is -2.25. The van der Waals surface area contributed by atoms with Crippen LogP contribution in [0.15, 0.2) is 249 Å². The fourth-order valence-electron chi connectivity index (χ4n) is 13.5. The minimum absolute atomic E-state index is 0.313. The van der Waals surface area contributed by atoms with E-state index in [2.05, 4.69) is 146 Å². The zero-order valence-electron chi connectivity index (χ0n) is 60.2. The predicted octanol–water partition coefficient (Wildman–Crippen LogP) is 20.1. The Labute approximate surface area is 608 Å². The molecular formula is C91H96O12. The maximum absolute atomic E-state index is 9.99. The first-order valence-electron chi connectivity index (χ1n) is 36.3. The van der Waals surface area contributed by atoms with Gasteiger partial charge in [0.25, 0.3) is 0 Å². The summed E-state index contributed by atoms with van der Waals surface area (Å²) in [6.07, 6.45) is 4.53. The van der Waals surface area contributed by atoms with Gasteiger partial charge in [-0.2, -0.15) is 0 Å². The molecule has 0 aliphatic heterocycles. The number of fused-ring (bicyclic) bond motifs is 3. The fourth-order valence-corrected chi connectivity index (χ4v) is 13.5. The van der Waals surface area contributed by atoms with Crippen molar-refractivity contribution in [2.24, 2.45) is 0 Å². The van der Waals surface area contributed by atoms with E-state index in [1.165, 1.54) is 94.6 Å². The monoisotopic (exact) mass is 1380 g/mol.